The highest BCUT2D eigenvalue weighted by atomic mass is 28.4. The molecule has 0 aliphatic carbocycles. The van der Waals surface area contributed by atoms with Crippen molar-refractivity contribution in [3.8, 4) is 0 Å². The average molecular weight is 269 g/mol. The maximum Gasteiger partial charge on any atom is 0.536 e. The molecule has 0 aromatic heterocycles. The third kappa shape index (κ3) is 2.65. The van der Waals surface area contributed by atoms with Gasteiger partial charge in [-0.25, -0.2) is 0 Å². The van der Waals surface area contributed by atoms with Crippen molar-refractivity contribution in [2.75, 3.05) is 21.3 Å². The van der Waals surface area contributed by atoms with E-state index in [2.05, 4.69) is 13.0 Å². The van der Waals surface area contributed by atoms with Gasteiger partial charge in [0.15, 0.2) is 0 Å². The van der Waals surface area contributed by atoms with Gasteiger partial charge in [-0.15, -0.1) is 0 Å². The van der Waals surface area contributed by atoms with Gasteiger partial charge < -0.3 is 19.0 Å². The second kappa shape index (κ2) is 6.45. The van der Waals surface area contributed by atoms with E-state index in [4.69, 9.17) is 19.0 Å². The zero-order valence-electron chi connectivity index (χ0n) is 11.8. The number of aryl methyl sites for hydroxylation is 1. The Bertz CT molecular complexity index is 384. The number of hydrogen-bond acceptors (Lipinski definition) is 4. The Kier molecular flexibility index (Phi) is 5.49. The van der Waals surface area contributed by atoms with Crippen molar-refractivity contribution in [2.24, 2.45) is 5.73 Å². The quantitative estimate of drug-likeness (QED) is 0.792. The van der Waals surface area contributed by atoms with E-state index < -0.39 is 8.80 Å². The Labute approximate surface area is 110 Å². The Morgan fingerprint density at radius 3 is 2.11 bits per heavy atom. The summed E-state index contributed by atoms with van der Waals surface area (Å²) in [5.41, 5.74) is 8.40. The van der Waals surface area contributed by atoms with E-state index in [9.17, 15) is 0 Å². The van der Waals surface area contributed by atoms with Gasteiger partial charge in [0.1, 0.15) is 0 Å². The van der Waals surface area contributed by atoms with Crippen LogP contribution in [0.15, 0.2) is 18.2 Å². The summed E-state index contributed by atoms with van der Waals surface area (Å²) < 4.78 is 16.7. The molecule has 0 spiro atoms. The summed E-state index contributed by atoms with van der Waals surface area (Å²) in [4.78, 5) is 0. The first-order valence-corrected chi connectivity index (χ1v) is 7.82. The first kappa shape index (κ1) is 15.3. The maximum atomic E-state index is 6.11. The topological polar surface area (TPSA) is 53.7 Å². The smallest absolute Gasteiger partial charge is 0.373 e. The molecule has 1 unspecified atom stereocenters. The van der Waals surface area contributed by atoms with Gasteiger partial charge in [-0.3, -0.25) is 0 Å². The van der Waals surface area contributed by atoms with Crippen LogP contribution in [-0.4, -0.2) is 30.1 Å². The minimum atomic E-state index is -2.83. The number of hydrogen-bond donors (Lipinski definition) is 1. The van der Waals surface area contributed by atoms with Crippen LogP contribution in [0.3, 0.4) is 0 Å². The van der Waals surface area contributed by atoms with Crippen molar-refractivity contribution in [2.45, 2.75) is 26.3 Å². The number of rotatable bonds is 6. The molecule has 0 bridgehead atoms. The van der Waals surface area contributed by atoms with Gasteiger partial charge in [0.2, 0.25) is 0 Å². The van der Waals surface area contributed by atoms with Crippen molar-refractivity contribution in [3.05, 3.63) is 29.3 Å². The molecule has 0 aliphatic rings. The van der Waals surface area contributed by atoms with Crippen molar-refractivity contribution < 1.29 is 13.3 Å². The molecule has 0 saturated heterocycles. The lowest BCUT2D eigenvalue weighted by atomic mass is 10.0. The minimum Gasteiger partial charge on any atom is -0.373 e. The summed E-state index contributed by atoms with van der Waals surface area (Å²) in [6, 6.07) is 5.99. The van der Waals surface area contributed by atoms with Gasteiger partial charge in [0.25, 0.3) is 0 Å². The van der Waals surface area contributed by atoms with E-state index in [1.165, 1.54) is 5.56 Å². The Morgan fingerprint density at radius 2 is 1.72 bits per heavy atom. The van der Waals surface area contributed by atoms with Crippen LogP contribution in [0.25, 0.3) is 0 Å². The highest BCUT2D eigenvalue weighted by molar-refractivity contribution is 6.75. The summed E-state index contributed by atoms with van der Waals surface area (Å²) in [5, 5.41) is 0.962. The SMILES string of the molecule is CCc1cccc([Si](OC)(OC)OC)c1C(C)N. The number of benzene rings is 1. The molecule has 1 rings (SSSR count). The summed E-state index contributed by atoms with van der Waals surface area (Å²) >= 11 is 0. The fraction of sp³-hybridized carbons (Fsp3) is 0.538. The Balaban J connectivity index is 3.47. The zero-order chi connectivity index (χ0) is 13.8. The summed E-state index contributed by atoms with van der Waals surface area (Å²) in [7, 11) is 2.01. The Hall–Kier alpha value is -0.723. The first-order valence-electron chi connectivity index (χ1n) is 6.09. The van der Waals surface area contributed by atoms with Gasteiger partial charge in [-0.2, -0.15) is 0 Å². The van der Waals surface area contributed by atoms with E-state index in [0.717, 1.165) is 17.2 Å². The molecule has 102 valence electrons. The molecule has 0 aliphatic heterocycles. The molecule has 0 fully saturated rings. The highest BCUT2D eigenvalue weighted by Crippen LogP contribution is 2.19. The molecule has 2 N–H and O–H groups in total. The largest absolute Gasteiger partial charge is 0.536 e. The van der Waals surface area contributed by atoms with Crippen LogP contribution in [0.4, 0.5) is 0 Å². The van der Waals surface area contributed by atoms with Crippen molar-refractivity contribution in [1.82, 2.24) is 0 Å². The third-order valence-electron chi connectivity index (χ3n) is 3.17. The van der Waals surface area contributed by atoms with Crippen LogP contribution in [0.5, 0.6) is 0 Å². The van der Waals surface area contributed by atoms with Crippen molar-refractivity contribution in [3.63, 3.8) is 0 Å². The predicted octanol–water partition coefficient (Wildman–Crippen LogP) is 1.35. The lowest BCUT2D eigenvalue weighted by Crippen LogP contribution is -2.56. The van der Waals surface area contributed by atoms with Crippen LogP contribution >= 0.6 is 0 Å². The predicted molar refractivity (Wildman–Crippen MR) is 74.8 cm³/mol. The van der Waals surface area contributed by atoms with Crippen LogP contribution in [0, 0.1) is 0 Å². The van der Waals surface area contributed by atoms with E-state index in [1.807, 2.05) is 19.1 Å². The molecule has 5 heteroatoms. The monoisotopic (exact) mass is 269 g/mol. The second-order valence-electron chi connectivity index (χ2n) is 4.19. The Morgan fingerprint density at radius 1 is 1.17 bits per heavy atom. The van der Waals surface area contributed by atoms with Crippen LogP contribution in [0.2, 0.25) is 0 Å². The van der Waals surface area contributed by atoms with Crippen molar-refractivity contribution >= 4 is 14.0 Å². The standard InChI is InChI=1S/C13H23NO3Si/c1-6-11-8-7-9-12(13(11)10(2)14)18(15-3,16-4)17-5/h7-10H,6,14H2,1-5H3. The molecule has 18 heavy (non-hydrogen) atoms. The lowest BCUT2D eigenvalue weighted by molar-refractivity contribution is 0.140. The van der Waals surface area contributed by atoms with E-state index in [0.29, 0.717) is 0 Å². The van der Waals surface area contributed by atoms with Crippen LogP contribution < -0.4 is 10.9 Å². The summed E-state index contributed by atoms with van der Waals surface area (Å²) in [6.45, 7) is 4.08. The molecule has 1 aromatic carbocycles. The molecular weight excluding hydrogens is 246 g/mol. The fourth-order valence-corrected chi connectivity index (χ4v) is 4.48. The molecular formula is C13H23NO3Si. The van der Waals surface area contributed by atoms with E-state index >= 15 is 0 Å². The molecule has 0 amide bonds. The van der Waals surface area contributed by atoms with Gasteiger partial charge >= 0.3 is 8.80 Å². The van der Waals surface area contributed by atoms with E-state index in [1.54, 1.807) is 21.3 Å². The van der Waals surface area contributed by atoms with Crippen molar-refractivity contribution in [1.29, 1.82) is 0 Å². The van der Waals surface area contributed by atoms with Gasteiger partial charge in [-0.1, -0.05) is 25.1 Å². The summed E-state index contributed by atoms with van der Waals surface area (Å²) in [5.74, 6) is 0. The van der Waals surface area contributed by atoms with Crippen LogP contribution in [0.1, 0.15) is 31.0 Å². The second-order valence-corrected chi connectivity index (χ2v) is 7.06. The van der Waals surface area contributed by atoms with Gasteiger partial charge in [0, 0.05) is 32.6 Å². The normalized spacial score (nSPS) is 13.7. The minimum absolute atomic E-state index is 0.0801. The van der Waals surface area contributed by atoms with Crippen LogP contribution in [-0.2, 0) is 19.7 Å². The number of nitrogens with two attached hydrogens (primary N) is 1. The average Bonchev–Trinajstić information content (AvgIpc) is 2.40. The molecule has 0 radical (unpaired) electrons. The summed E-state index contributed by atoms with van der Waals surface area (Å²) in [6.07, 6.45) is 0.923. The molecule has 0 heterocycles. The molecule has 1 aromatic rings. The molecule has 4 nitrogen and oxygen atoms in total. The van der Waals surface area contributed by atoms with E-state index in [-0.39, 0.29) is 6.04 Å². The van der Waals surface area contributed by atoms with Gasteiger partial charge in [0.05, 0.1) is 0 Å². The first-order chi connectivity index (χ1) is 8.56. The van der Waals surface area contributed by atoms with Gasteiger partial charge in [-0.05, 0) is 24.5 Å². The molecule has 1 atom stereocenters. The third-order valence-corrected chi connectivity index (χ3v) is 5.88. The molecule has 0 saturated carbocycles. The maximum absolute atomic E-state index is 6.11. The lowest BCUT2D eigenvalue weighted by Gasteiger charge is -2.28. The highest BCUT2D eigenvalue weighted by Gasteiger charge is 2.43. The zero-order valence-corrected chi connectivity index (χ0v) is 12.8. The fourth-order valence-electron chi connectivity index (χ4n) is 2.31.